The van der Waals surface area contributed by atoms with E-state index in [1.54, 1.807) is 0 Å². The number of hydrogen-bond donors (Lipinski definition) is 1. The molecular weight excluding hydrogens is 242 g/mol. The van der Waals surface area contributed by atoms with Crippen LogP contribution in [0.15, 0.2) is 24.3 Å². The molecule has 0 spiro atoms. The third-order valence-corrected chi connectivity index (χ3v) is 4.43. The molecule has 0 aliphatic heterocycles. The Labute approximate surface area is 117 Å². The fraction of sp³-hybridized carbons (Fsp3) is 0.625. The van der Waals surface area contributed by atoms with Crippen LogP contribution >= 0.6 is 11.6 Å². The molecule has 102 valence electrons. The van der Waals surface area contributed by atoms with Gasteiger partial charge in [-0.15, -0.1) is 11.6 Å². The monoisotopic (exact) mass is 267 g/mol. The molecule has 1 aromatic rings. The second-order valence-corrected chi connectivity index (χ2v) is 5.64. The van der Waals surface area contributed by atoms with Crippen molar-refractivity contribution in [3.63, 3.8) is 0 Å². The lowest BCUT2D eigenvalue weighted by molar-refractivity contribution is 0.334. The molecule has 18 heavy (non-hydrogen) atoms. The first kappa shape index (κ1) is 15.5. The van der Waals surface area contributed by atoms with E-state index in [9.17, 15) is 0 Å². The second kappa shape index (κ2) is 7.16. The summed E-state index contributed by atoms with van der Waals surface area (Å²) in [5.74, 6) is 1.27. The zero-order chi connectivity index (χ0) is 13.6. The van der Waals surface area contributed by atoms with E-state index in [2.05, 4.69) is 57.3 Å². The molecule has 1 aromatic carbocycles. The molecule has 0 saturated carbocycles. The Hall–Kier alpha value is -0.530. The van der Waals surface area contributed by atoms with Crippen LogP contribution in [0.2, 0.25) is 0 Å². The molecule has 0 saturated heterocycles. The summed E-state index contributed by atoms with van der Waals surface area (Å²) < 4.78 is 0. The molecule has 0 amide bonds. The van der Waals surface area contributed by atoms with E-state index in [-0.39, 0.29) is 5.54 Å². The number of halogens is 1. The Morgan fingerprint density at radius 1 is 1.11 bits per heavy atom. The fourth-order valence-corrected chi connectivity index (χ4v) is 2.52. The Bertz CT molecular complexity index is 330. The van der Waals surface area contributed by atoms with Crippen molar-refractivity contribution in [1.82, 2.24) is 5.32 Å². The van der Waals surface area contributed by atoms with E-state index in [4.69, 9.17) is 11.6 Å². The van der Waals surface area contributed by atoms with Gasteiger partial charge in [0.2, 0.25) is 0 Å². The Morgan fingerprint density at radius 3 is 2.06 bits per heavy atom. The highest BCUT2D eigenvalue weighted by Gasteiger charge is 2.23. The highest BCUT2D eigenvalue weighted by Crippen LogP contribution is 2.19. The minimum atomic E-state index is 0.0816. The molecule has 0 aliphatic carbocycles. The summed E-state index contributed by atoms with van der Waals surface area (Å²) in [4.78, 5) is 0. The third kappa shape index (κ3) is 4.00. The van der Waals surface area contributed by atoms with E-state index < -0.39 is 0 Å². The summed E-state index contributed by atoms with van der Waals surface area (Å²) in [6, 6.07) is 8.88. The molecule has 2 heteroatoms. The van der Waals surface area contributed by atoms with Gasteiger partial charge in [-0.25, -0.2) is 0 Å². The van der Waals surface area contributed by atoms with Gasteiger partial charge in [0.05, 0.1) is 0 Å². The van der Waals surface area contributed by atoms with Gasteiger partial charge in [-0.3, -0.25) is 0 Å². The highest BCUT2D eigenvalue weighted by atomic mass is 35.5. The van der Waals surface area contributed by atoms with Gasteiger partial charge in [0.15, 0.2) is 0 Å². The number of nitrogens with one attached hydrogen (secondary N) is 1. The van der Waals surface area contributed by atoms with Crippen molar-refractivity contribution >= 4 is 11.6 Å². The van der Waals surface area contributed by atoms with Gasteiger partial charge in [-0.1, -0.05) is 52.0 Å². The zero-order valence-electron chi connectivity index (χ0n) is 12.1. The van der Waals surface area contributed by atoms with E-state index in [1.807, 2.05) is 0 Å². The van der Waals surface area contributed by atoms with Crippen LogP contribution < -0.4 is 5.32 Å². The fourth-order valence-electron chi connectivity index (χ4n) is 2.05. The number of alkyl halides is 1. The summed E-state index contributed by atoms with van der Waals surface area (Å²) in [6.45, 7) is 9.73. The molecule has 0 aliphatic rings. The van der Waals surface area contributed by atoms with E-state index in [1.165, 1.54) is 11.1 Å². The summed E-state index contributed by atoms with van der Waals surface area (Å²) in [5, 5.41) is 3.62. The maximum absolute atomic E-state index is 6.10. The lowest BCUT2D eigenvalue weighted by Gasteiger charge is -2.31. The maximum Gasteiger partial charge on any atom is 0.0405 e. The highest BCUT2D eigenvalue weighted by molar-refractivity contribution is 6.18. The number of hydrogen-bond acceptors (Lipinski definition) is 1. The van der Waals surface area contributed by atoms with Crippen molar-refractivity contribution < 1.29 is 0 Å². The van der Waals surface area contributed by atoms with Crippen molar-refractivity contribution in [1.29, 1.82) is 0 Å². The van der Waals surface area contributed by atoms with Crippen molar-refractivity contribution in [2.75, 3.05) is 5.88 Å². The largest absolute Gasteiger partial charge is 0.306 e. The average Bonchev–Trinajstić information content (AvgIpc) is 2.41. The van der Waals surface area contributed by atoms with Crippen molar-refractivity contribution in [3.05, 3.63) is 35.4 Å². The lowest BCUT2D eigenvalue weighted by Crippen LogP contribution is -2.45. The standard InChI is InChI=1S/C16H26ClN/c1-5-16(6-2,12-17)18-11-14-7-9-15(10-8-14)13(3)4/h7-10,13,18H,5-6,11-12H2,1-4H3. The first-order valence-electron chi connectivity index (χ1n) is 6.96. The van der Waals surface area contributed by atoms with Crippen LogP contribution in [0.3, 0.4) is 0 Å². The predicted molar refractivity (Wildman–Crippen MR) is 81.4 cm³/mol. The minimum Gasteiger partial charge on any atom is -0.306 e. The van der Waals surface area contributed by atoms with Crippen LogP contribution in [0.1, 0.15) is 57.6 Å². The van der Waals surface area contributed by atoms with Crippen LogP contribution in [-0.4, -0.2) is 11.4 Å². The molecule has 0 radical (unpaired) electrons. The molecule has 1 N–H and O–H groups in total. The summed E-state index contributed by atoms with van der Waals surface area (Å²) >= 11 is 6.10. The second-order valence-electron chi connectivity index (χ2n) is 5.37. The van der Waals surface area contributed by atoms with Gasteiger partial charge in [-0.05, 0) is 29.9 Å². The molecule has 1 rings (SSSR count). The number of rotatable bonds is 7. The molecular formula is C16H26ClN. The van der Waals surface area contributed by atoms with Crippen LogP contribution in [0.25, 0.3) is 0 Å². The van der Waals surface area contributed by atoms with Crippen molar-refractivity contribution in [2.45, 2.75) is 58.5 Å². The summed E-state index contributed by atoms with van der Waals surface area (Å²) in [5.41, 5.74) is 2.81. The van der Waals surface area contributed by atoms with E-state index in [0.29, 0.717) is 11.8 Å². The average molecular weight is 268 g/mol. The Balaban J connectivity index is 2.62. The van der Waals surface area contributed by atoms with E-state index >= 15 is 0 Å². The van der Waals surface area contributed by atoms with Crippen LogP contribution in [-0.2, 0) is 6.54 Å². The molecule has 0 fully saturated rings. The number of benzene rings is 1. The molecule has 0 unspecified atom stereocenters. The quantitative estimate of drug-likeness (QED) is 0.707. The van der Waals surface area contributed by atoms with Gasteiger partial charge < -0.3 is 5.32 Å². The van der Waals surface area contributed by atoms with Crippen molar-refractivity contribution in [3.8, 4) is 0 Å². The third-order valence-electron chi connectivity index (χ3n) is 3.92. The Morgan fingerprint density at radius 2 is 1.67 bits per heavy atom. The minimum absolute atomic E-state index is 0.0816. The normalized spacial score (nSPS) is 12.1. The molecule has 0 bridgehead atoms. The first-order chi connectivity index (χ1) is 8.56. The maximum atomic E-state index is 6.10. The van der Waals surface area contributed by atoms with Gasteiger partial charge in [0, 0.05) is 18.0 Å². The lowest BCUT2D eigenvalue weighted by atomic mass is 9.94. The smallest absolute Gasteiger partial charge is 0.0405 e. The van der Waals surface area contributed by atoms with Crippen molar-refractivity contribution in [2.24, 2.45) is 0 Å². The molecule has 0 aromatic heterocycles. The summed E-state index contributed by atoms with van der Waals surface area (Å²) in [7, 11) is 0. The van der Waals surface area contributed by atoms with Gasteiger partial charge in [0.25, 0.3) is 0 Å². The van der Waals surface area contributed by atoms with Crippen LogP contribution in [0, 0.1) is 0 Å². The predicted octanol–water partition coefficient (Wildman–Crippen LogP) is 4.70. The van der Waals surface area contributed by atoms with Gasteiger partial charge >= 0.3 is 0 Å². The molecule has 0 atom stereocenters. The molecule has 0 heterocycles. The van der Waals surface area contributed by atoms with Crippen LogP contribution in [0.4, 0.5) is 0 Å². The van der Waals surface area contributed by atoms with Gasteiger partial charge in [-0.2, -0.15) is 0 Å². The van der Waals surface area contributed by atoms with E-state index in [0.717, 1.165) is 19.4 Å². The van der Waals surface area contributed by atoms with Crippen LogP contribution in [0.5, 0.6) is 0 Å². The Kier molecular flexibility index (Phi) is 6.17. The SMILES string of the molecule is CCC(CC)(CCl)NCc1ccc(C(C)C)cc1. The summed E-state index contributed by atoms with van der Waals surface area (Å²) in [6.07, 6.45) is 2.13. The topological polar surface area (TPSA) is 12.0 Å². The first-order valence-corrected chi connectivity index (χ1v) is 7.50. The zero-order valence-corrected chi connectivity index (χ0v) is 12.8. The van der Waals surface area contributed by atoms with Gasteiger partial charge in [0.1, 0.15) is 0 Å². The molecule has 1 nitrogen and oxygen atoms in total.